The van der Waals surface area contributed by atoms with Gasteiger partial charge in [0.25, 0.3) is 0 Å². The van der Waals surface area contributed by atoms with E-state index in [-0.39, 0.29) is 24.0 Å². The van der Waals surface area contributed by atoms with E-state index in [2.05, 4.69) is 167 Å². The second-order valence-electron chi connectivity index (χ2n) is 14.0. The molecule has 0 N–H and O–H groups in total. The zero-order valence-corrected chi connectivity index (χ0v) is 30.1. The lowest BCUT2D eigenvalue weighted by Crippen LogP contribution is -2.05. The third-order valence-electron chi connectivity index (χ3n) is 11.5. The normalized spacial score (nSPS) is 12.9. The number of rotatable bonds is 2. The van der Waals surface area contributed by atoms with Crippen molar-refractivity contribution in [1.29, 1.82) is 0 Å². The van der Waals surface area contributed by atoms with Gasteiger partial charge in [-0.3, -0.25) is 0 Å². The van der Waals surface area contributed by atoms with Crippen molar-refractivity contribution in [2.45, 2.75) is 12.8 Å². The Bertz CT molecular complexity index is 3290. The van der Waals surface area contributed by atoms with Gasteiger partial charge in [-0.2, -0.15) is 0 Å². The van der Waals surface area contributed by atoms with E-state index >= 15 is 0 Å². The molecule has 1 aliphatic rings. The largest absolute Gasteiger partial charge is 0.309 e. The van der Waals surface area contributed by atoms with Crippen molar-refractivity contribution in [1.82, 2.24) is 8.97 Å². The highest BCUT2D eigenvalue weighted by atomic mass is 127. The fourth-order valence-corrected chi connectivity index (χ4v) is 9.38. The molecule has 240 valence electrons. The molecule has 3 heterocycles. The Morgan fingerprint density at radius 3 is 1.65 bits per heavy atom. The lowest BCUT2D eigenvalue weighted by Gasteiger charge is -2.14. The summed E-state index contributed by atoms with van der Waals surface area (Å²) in [6.07, 6.45) is 4.61. The average molecular weight is 763 g/mol. The maximum absolute atomic E-state index is 2.50. The van der Waals surface area contributed by atoms with Crippen LogP contribution in [0.5, 0.6) is 0 Å². The van der Waals surface area contributed by atoms with E-state index in [0.717, 1.165) is 12.8 Å². The molecule has 51 heavy (non-hydrogen) atoms. The monoisotopic (exact) mass is 762 g/mol. The summed E-state index contributed by atoms with van der Waals surface area (Å²) in [6.45, 7) is 0. The Labute approximate surface area is 310 Å². The van der Waals surface area contributed by atoms with Crippen molar-refractivity contribution >= 4 is 111 Å². The van der Waals surface area contributed by atoms with Crippen LogP contribution in [-0.4, -0.2) is 8.97 Å². The van der Waals surface area contributed by atoms with Crippen LogP contribution < -0.4 is 5.22 Å². The van der Waals surface area contributed by atoms with Crippen LogP contribution in [0.4, 0.5) is 0 Å². The molecule has 0 unspecified atom stereocenters. The molecule has 2 nitrogen and oxygen atoms in total. The zero-order chi connectivity index (χ0) is 32.5. The third-order valence-corrected chi connectivity index (χ3v) is 11.5. The molecular formula is C48H31IN2. The Morgan fingerprint density at radius 1 is 0.392 bits per heavy atom. The second-order valence-corrected chi connectivity index (χ2v) is 14.0. The first-order valence-electron chi connectivity index (χ1n) is 17.7. The summed E-state index contributed by atoms with van der Waals surface area (Å²) < 4.78 is 4.95. The second kappa shape index (κ2) is 10.7. The quantitative estimate of drug-likeness (QED) is 0.123. The number of benzene rings is 8. The zero-order valence-electron chi connectivity index (χ0n) is 27.7. The first kappa shape index (κ1) is 29.1. The van der Waals surface area contributed by atoms with Gasteiger partial charge in [0.15, 0.2) is 0 Å². The minimum absolute atomic E-state index is 0. The van der Waals surface area contributed by atoms with Crippen molar-refractivity contribution in [2.75, 3.05) is 0 Å². The average Bonchev–Trinajstić information content (AvgIpc) is 3.82. The minimum Gasteiger partial charge on any atom is -0.309 e. The lowest BCUT2D eigenvalue weighted by molar-refractivity contribution is 1.05. The SMILES string of the molecule is C1=c2c3ccccc3n3c2c(c2cc(-c4ccc5c(c4)c4ccccc4n5-c4ccc5c6ccccc6c6ccccc6c5c4)ccc23)CC1.I. The van der Waals surface area contributed by atoms with Crippen molar-refractivity contribution in [2.24, 2.45) is 0 Å². The first-order chi connectivity index (χ1) is 24.8. The van der Waals surface area contributed by atoms with Crippen molar-refractivity contribution in [3.63, 3.8) is 0 Å². The molecule has 0 saturated heterocycles. The molecule has 0 amide bonds. The number of halogens is 1. The van der Waals surface area contributed by atoms with Gasteiger partial charge in [0.05, 0.1) is 27.6 Å². The Hall–Kier alpha value is -5.65. The van der Waals surface area contributed by atoms with Crippen molar-refractivity contribution in [3.8, 4) is 16.8 Å². The summed E-state index contributed by atoms with van der Waals surface area (Å²) in [4.78, 5) is 0. The van der Waals surface area contributed by atoms with E-state index in [1.807, 2.05) is 0 Å². The molecule has 12 rings (SSSR count). The van der Waals surface area contributed by atoms with Crippen molar-refractivity contribution < 1.29 is 0 Å². The number of aromatic nitrogens is 2. The molecule has 8 aromatic carbocycles. The van der Waals surface area contributed by atoms with Gasteiger partial charge in [-0.05, 0) is 110 Å². The maximum Gasteiger partial charge on any atom is 0.0576 e. The smallest absolute Gasteiger partial charge is 0.0576 e. The van der Waals surface area contributed by atoms with Gasteiger partial charge in [-0.15, -0.1) is 24.0 Å². The Kier molecular flexibility index (Phi) is 6.10. The summed E-state index contributed by atoms with van der Waals surface area (Å²) in [6, 6.07) is 56.6. The molecule has 0 radical (unpaired) electrons. The highest BCUT2D eigenvalue weighted by molar-refractivity contribution is 14.0. The number of fused-ring (bicyclic) bond motifs is 15. The van der Waals surface area contributed by atoms with Gasteiger partial charge in [0.1, 0.15) is 0 Å². The molecular weight excluding hydrogens is 731 g/mol. The van der Waals surface area contributed by atoms with Gasteiger partial charge in [-0.25, -0.2) is 0 Å². The molecule has 0 atom stereocenters. The molecule has 11 aromatic rings. The summed E-state index contributed by atoms with van der Waals surface area (Å²) >= 11 is 0. The predicted octanol–water partition coefficient (Wildman–Crippen LogP) is 12.5. The summed E-state index contributed by atoms with van der Waals surface area (Å²) in [5.41, 5.74) is 11.7. The van der Waals surface area contributed by atoms with E-state index in [1.165, 1.54) is 109 Å². The van der Waals surface area contributed by atoms with Gasteiger partial charge in [0, 0.05) is 32.5 Å². The number of para-hydroxylation sites is 2. The van der Waals surface area contributed by atoms with Crippen LogP contribution in [-0.2, 0) is 6.42 Å². The van der Waals surface area contributed by atoms with Gasteiger partial charge >= 0.3 is 0 Å². The summed E-state index contributed by atoms with van der Waals surface area (Å²) in [5, 5.41) is 14.5. The number of hydrogen-bond donors (Lipinski definition) is 0. The fraction of sp³-hybridized carbons (Fsp3) is 0.0417. The molecule has 0 bridgehead atoms. The van der Waals surface area contributed by atoms with Crippen LogP contribution in [0, 0.1) is 0 Å². The summed E-state index contributed by atoms with van der Waals surface area (Å²) in [5.74, 6) is 0. The van der Waals surface area contributed by atoms with E-state index in [9.17, 15) is 0 Å². The molecule has 0 spiro atoms. The van der Waals surface area contributed by atoms with Crippen molar-refractivity contribution in [3.05, 3.63) is 162 Å². The predicted molar refractivity (Wildman–Crippen MR) is 228 cm³/mol. The van der Waals surface area contributed by atoms with Crippen LogP contribution in [0.25, 0.3) is 104 Å². The molecule has 1 aliphatic carbocycles. The number of aryl methyl sites for hydroxylation is 1. The van der Waals surface area contributed by atoms with Crippen LogP contribution in [0.2, 0.25) is 0 Å². The Morgan fingerprint density at radius 2 is 0.922 bits per heavy atom. The molecule has 0 saturated carbocycles. The van der Waals surface area contributed by atoms with Gasteiger partial charge < -0.3 is 8.97 Å². The topological polar surface area (TPSA) is 9.34 Å². The molecule has 3 heteroatoms. The molecule has 3 aromatic heterocycles. The fourth-order valence-electron chi connectivity index (χ4n) is 9.38. The van der Waals surface area contributed by atoms with Crippen LogP contribution >= 0.6 is 24.0 Å². The van der Waals surface area contributed by atoms with Gasteiger partial charge in [0.2, 0.25) is 0 Å². The number of hydrogen-bond acceptors (Lipinski definition) is 0. The lowest BCUT2D eigenvalue weighted by atomic mass is 9.94. The Balaban J connectivity index is 0.00000310. The minimum atomic E-state index is 0. The highest BCUT2D eigenvalue weighted by Gasteiger charge is 2.21. The highest BCUT2D eigenvalue weighted by Crippen LogP contribution is 2.40. The first-order valence-corrected chi connectivity index (χ1v) is 17.7. The standard InChI is InChI=1S/C48H30N2.HI/c1-2-12-34-32(10-1)33-11-3-4-13-35(33)41-28-31(22-23-36(34)41)49-44-18-7-6-15-38(44)42-26-29(20-24-46(42)49)30-21-25-47-43(27-30)40-17-9-16-39-37-14-5-8-19-45(37)50(47)48(39)40;/h1-8,10-16,18-28H,9,17H2;1H. The molecule has 0 aliphatic heterocycles. The van der Waals surface area contributed by atoms with Crippen LogP contribution in [0.3, 0.4) is 0 Å². The van der Waals surface area contributed by atoms with E-state index in [0.29, 0.717) is 0 Å². The van der Waals surface area contributed by atoms with Crippen LogP contribution in [0.15, 0.2) is 152 Å². The van der Waals surface area contributed by atoms with Crippen LogP contribution in [0.1, 0.15) is 12.0 Å². The molecule has 0 fully saturated rings. The van der Waals surface area contributed by atoms with Gasteiger partial charge in [-0.1, -0.05) is 109 Å². The number of nitrogens with zero attached hydrogens (tertiary/aromatic N) is 2. The third kappa shape index (κ3) is 3.87. The van der Waals surface area contributed by atoms with E-state index < -0.39 is 0 Å². The van der Waals surface area contributed by atoms with E-state index in [4.69, 9.17) is 0 Å². The maximum atomic E-state index is 2.50. The van der Waals surface area contributed by atoms with E-state index in [1.54, 1.807) is 0 Å². The summed E-state index contributed by atoms with van der Waals surface area (Å²) in [7, 11) is 0.